The number of benzene rings is 2. The van der Waals surface area contributed by atoms with Gasteiger partial charge in [0.2, 0.25) is 0 Å². The van der Waals surface area contributed by atoms with Crippen molar-refractivity contribution in [2.75, 3.05) is 25.2 Å². The first-order valence-electron chi connectivity index (χ1n) is 9.05. The van der Waals surface area contributed by atoms with Crippen molar-refractivity contribution < 1.29 is 23.7 Å². The number of nitrogens with one attached hydrogen (secondary N) is 1. The van der Waals surface area contributed by atoms with Crippen molar-refractivity contribution in [3.63, 3.8) is 0 Å². The molecule has 28 heavy (non-hydrogen) atoms. The van der Waals surface area contributed by atoms with E-state index in [0.717, 1.165) is 10.0 Å². The van der Waals surface area contributed by atoms with Crippen molar-refractivity contribution in [3.8, 4) is 23.0 Å². The summed E-state index contributed by atoms with van der Waals surface area (Å²) < 4.78 is 24.1. The Morgan fingerprint density at radius 1 is 1.21 bits per heavy atom. The highest BCUT2D eigenvalue weighted by atomic mass is 79.9. The van der Waals surface area contributed by atoms with Gasteiger partial charge in [0.25, 0.3) is 0 Å². The summed E-state index contributed by atoms with van der Waals surface area (Å²) in [6.45, 7) is 2.92. The number of anilines is 1. The van der Waals surface area contributed by atoms with Gasteiger partial charge in [0.1, 0.15) is 13.2 Å². The number of rotatable bonds is 2. The lowest BCUT2D eigenvalue weighted by Gasteiger charge is -2.50. The molecule has 2 bridgehead atoms. The number of hydrogen-bond donors (Lipinski definition) is 1. The summed E-state index contributed by atoms with van der Waals surface area (Å²) in [6, 6.07) is 8.91. The van der Waals surface area contributed by atoms with Gasteiger partial charge in [-0.05, 0) is 31.2 Å². The molecule has 3 aliphatic rings. The van der Waals surface area contributed by atoms with Crippen LogP contribution >= 0.6 is 15.9 Å². The molecule has 0 radical (unpaired) electrons. The molecule has 2 atom stereocenters. The second kappa shape index (κ2) is 6.20. The number of amides is 2. The van der Waals surface area contributed by atoms with Gasteiger partial charge < -0.3 is 24.3 Å². The highest BCUT2D eigenvalue weighted by molar-refractivity contribution is 9.10. The fraction of sp³-hybridized carbons (Fsp3) is 0.350. The van der Waals surface area contributed by atoms with Crippen molar-refractivity contribution in [2.45, 2.75) is 25.1 Å². The molecule has 1 fully saturated rings. The monoisotopic (exact) mass is 446 g/mol. The first-order valence-corrected chi connectivity index (χ1v) is 9.85. The zero-order valence-corrected chi connectivity index (χ0v) is 17.0. The van der Waals surface area contributed by atoms with Gasteiger partial charge in [-0.2, -0.15) is 0 Å². The Labute approximate surface area is 170 Å². The number of methoxy groups -OCH3 is 1. The highest BCUT2D eigenvalue weighted by Gasteiger charge is 2.51. The minimum Gasteiger partial charge on any atom is -0.493 e. The predicted octanol–water partition coefficient (Wildman–Crippen LogP) is 4.00. The molecular weight excluding hydrogens is 428 g/mol. The minimum absolute atomic E-state index is 0.166. The lowest BCUT2D eigenvalue weighted by molar-refractivity contribution is 0.0348. The highest BCUT2D eigenvalue weighted by Crippen LogP contribution is 2.50. The van der Waals surface area contributed by atoms with Crippen LogP contribution in [-0.4, -0.2) is 32.1 Å². The molecule has 146 valence electrons. The quantitative estimate of drug-likeness (QED) is 0.754. The van der Waals surface area contributed by atoms with Gasteiger partial charge in [-0.3, -0.25) is 4.90 Å². The smallest absolute Gasteiger partial charge is 0.325 e. The van der Waals surface area contributed by atoms with Crippen molar-refractivity contribution in [3.05, 3.63) is 40.4 Å². The van der Waals surface area contributed by atoms with E-state index >= 15 is 0 Å². The van der Waals surface area contributed by atoms with Crippen molar-refractivity contribution in [2.24, 2.45) is 0 Å². The third-order valence-electron chi connectivity index (χ3n) is 5.31. The van der Waals surface area contributed by atoms with Crippen LogP contribution in [0.1, 0.15) is 24.9 Å². The Hall–Kier alpha value is -2.61. The molecule has 7 nitrogen and oxygen atoms in total. The van der Waals surface area contributed by atoms with Gasteiger partial charge in [0.05, 0.1) is 18.8 Å². The average Bonchev–Trinajstić information content (AvgIpc) is 2.67. The maximum absolute atomic E-state index is 13.1. The van der Waals surface area contributed by atoms with Gasteiger partial charge in [0.15, 0.2) is 28.7 Å². The van der Waals surface area contributed by atoms with E-state index in [2.05, 4.69) is 21.2 Å². The third kappa shape index (κ3) is 2.58. The minimum atomic E-state index is -0.870. The van der Waals surface area contributed by atoms with Crippen LogP contribution in [0.5, 0.6) is 23.0 Å². The van der Waals surface area contributed by atoms with E-state index in [4.69, 9.17) is 18.9 Å². The summed E-state index contributed by atoms with van der Waals surface area (Å²) in [6.07, 6.45) is 0.597. The zero-order valence-electron chi connectivity index (χ0n) is 15.5. The molecule has 0 unspecified atom stereocenters. The summed E-state index contributed by atoms with van der Waals surface area (Å²) in [4.78, 5) is 14.7. The van der Waals surface area contributed by atoms with E-state index in [-0.39, 0.29) is 12.1 Å². The van der Waals surface area contributed by atoms with E-state index in [9.17, 15) is 4.79 Å². The van der Waals surface area contributed by atoms with Gasteiger partial charge >= 0.3 is 6.03 Å². The lowest BCUT2D eigenvalue weighted by Crippen LogP contribution is -2.65. The largest absolute Gasteiger partial charge is 0.493 e. The normalized spacial score (nSPS) is 24.8. The number of hydrogen-bond acceptors (Lipinski definition) is 5. The van der Waals surface area contributed by atoms with Crippen molar-refractivity contribution in [1.29, 1.82) is 0 Å². The van der Waals surface area contributed by atoms with Gasteiger partial charge in [-0.15, -0.1) is 0 Å². The number of ether oxygens (including phenoxy) is 4. The maximum Gasteiger partial charge on any atom is 0.325 e. The second-order valence-corrected chi connectivity index (χ2v) is 8.09. The van der Waals surface area contributed by atoms with Crippen LogP contribution in [0.3, 0.4) is 0 Å². The predicted molar refractivity (Wildman–Crippen MR) is 106 cm³/mol. The molecule has 1 N–H and O–H groups in total. The van der Waals surface area contributed by atoms with Crippen molar-refractivity contribution in [1.82, 2.24) is 5.32 Å². The van der Waals surface area contributed by atoms with Crippen LogP contribution in [0.4, 0.5) is 10.5 Å². The standard InChI is InChI=1S/C20H19BrN2O5/c1-20-10-14(13-7-11(21)8-17(25-2)18(13)28-20)22-19(24)23(20)12-3-4-15-16(9-12)27-6-5-26-15/h3-4,7-9,14H,5-6,10H2,1-2H3,(H,22,24)/t14-,20+/m1/s1. The third-order valence-corrected chi connectivity index (χ3v) is 5.76. The number of halogens is 1. The Morgan fingerprint density at radius 3 is 2.79 bits per heavy atom. The molecule has 2 aromatic rings. The molecule has 5 rings (SSSR count). The molecule has 1 saturated heterocycles. The van der Waals surface area contributed by atoms with E-state index in [1.165, 1.54) is 0 Å². The lowest BCUT2D eigenvalue weighted by atomic mass is 9.90. The van der Waals surface area contributed by atoms with E-state index in [0.29, 0.717) is 48.3 Å². The fourth-order valence-corrected chi connectivity index (χ4v) is 4.57. The van der Waals surface area contributed by atoms with Crippen LogP contribution in [0.25, 0.3) is 0 Å². The van der Waals surface area contributed by atoms with Crippen LogP contribution in [-0.2, 0) is 0 Å². The Kier molecular flexibility index (Phi) is 3.87. The van der Waals surface area contributed by atoms with Crippen LogP contribution in [0, 0.1) is 0 Å². The Balaban J connectivity index is 1.59. The maximum atomic E-state index is 13.1. The zero-order chi connectivity index (χ0) is 19.5. The number of nitrogens with zero attached hydrogens (tertiary/aromatic N) is 1. The molecule has 3 heterocycles. The van der Waals surface area contributed by atoms with Crippen LogP contribution in [0.2, 0.25) is 0 Å². The summed E-state index contributed by atoms with van der Waals surface area (Å²) in [5.41, 5.74) is 0.714. The molecule has 3 aliphatic heterocycles. The molecular formula is C20H19BrN2O5. The number of fused-ring (bicyclic) bond motifs is 5. The molecule has 2 aromatic carbocycles. The van der Waals surface area contributed by atoms with E-state index in [1.807, 2.05) is 37.3 Å². The van der Waals surface area contributed by atoms with Crippen LogP contribution < -0.4 is 29.2 Å². The SMILES string of the molecule is COc1cc(Br)cc2c1O[C@@]1(C)C[C@H]2NC(=O)N1c1ccc2c(c1)OCCO2. The molecule has 0 spiro atoms. The summed E-state index contributed by atoms with van der Waals surface area (Å²) >= 11 is 3.50. The first-order chi connectivity index (χ1) is 13.5. The second-order valence-electron chi connectivity index (χ2n) is 7.17. The Bertz CT molecular complexity index is 981. The number of carbonyl (C=O) groups excluding carboxylic acids is 1. The number of urea groups is 1. The summed E-state index contributed by atoms with van der Waals surface area (Å²) in [5, 5.41) is 3.09. The van der Waals surface area contributed by atoms with E-state index < -0.39 is 5.72 Å². The Morgan fingerprint density at radius 2 is 2.00 bits per heavy atom. The molecule has 0 aromatic heterocycles. The molecule has 8 heteroatoms. The van der Waals surface area contributed by atoms with E-state index in [1.54, 1.807) is 12.0 Å². The molecule has 0 aliphatic carbocycles. The number of carbonyl (C=O) groups is 1. The van der Waals surface area contributed by atoms with Crippen molar-refractivity contribution >= 4 is 27.6 Å². The van der Waals surface area contributed by atoms with Gasteiger partial charge in [-0.1, -0.05) is 15.9 Å². The van der Waals surface area contributed by atoms with Gasteiger partial charge in [-0.25, -0.2) is 4.79 Å². The molecule has 0 saturated carbocycles. The topological polar surface area (TPSA) is 69.3 Å². The summed E-state index contributed by atoms with van der Waals surface area (Å²) in [7, 11) is 1.61. The summed E-state index contributed by atoms with van der Waals surface area (Å²) in [5.74, 6) is 2.57. The van der Waals surface area contributed by atoms with Crippen LogP contribution in [0.15, 0.2) is 34.8 Å². The average molecular weight is 447 g/mol. The molecule has 2 amide bonds. The first kappa shape index (κ1) is 17.5. The van der Waals surface area contributed by atoms with Gasteiger partial charge in [0, 0.05) is 22.5 Å². The fourth-order valence-electron chi connectivity index (χ4n) is 4.11.